The Morgan fingerprint density at radius 2 is 2.24 bits per heavy atom. The number of carbonyl (C=O) groups is 1. The summed E-state index contributed by atoms with van der Waals surface area (Å²) in [5.74, 6) is -0.389. The molecule has 0 saturated carbocycles. The minimum absolute atomic E-state index is 0.0119. The second-order valence-corrected chi connectivity index (χ2v) is 6.13. The van der Waals surface area contributed by atoms with Crippen LogP contribution in [0.15, 0.2) is 29.7 Å². The van der Waals surface area contributed by atoms with Crippen molar-refractivity contribution in [1.29, 1.82) is 0 Å². The zero-order valence-corrected chi connectivity index (χ0v) is 12.1. The van der Waals surface area contributed by atoms with Crippen molar-refractivity contribution in [3.63, 3.8) is 0 Å². The predicted molar refractivity (Wildman–Crippen MR) is 71.7 cm³/mol. The fourth-order valence-electron chi connectivity index (χ4n) is 1.63. The highest BCUT2D eigenvalue weighted by Crippen LogP contribution is 2.08. The van der Waals surface area contributed by atoms with Crippen LogP contribution in [-0.4, -0.2) is 38.8 Å². The van der Waals surface area contributed by atoms with Gasteiger partial charge in [0.15, 0.2) is 0 Å². The first-order chi connectivity index (χ1) is 9.88. The van der Waals surface area contributed by atoms with Crippen LogP contribution < -0.4 is 4.72 Å². The Balaban J connectivity index is 2.02. The van der Waals surface area contributed by atoms with Crippen molar-refractivity contribution in [2.45, 2.75) is 24.4 Å². The molecule has 0 saturated heterocycles. The summed E-state index contributed by atoms with van der Waals surface area (Å²) in [6.45, 7) is 0.177. The molecule has 0 aliphatic rings. The first-order valence-corrected chi connectivity index (χ1v) is 7.57. The number of carboxylic acid groups (broad SMARTS) is 1. The number of aromatic nitrogens is 4. The molecule has 0 bridgehead atoms. The van der Waals surface area contributed by atoms with E-state index < -0.39 is 16.0 Å². The molecule has 2 N–H and O–H groups in total. The second-order valence-electron chi connectivity index (χ2n) is 4.36. The minimum atomic E-state index is -3.70. The van der Waals surface area contributed by atoms with E-state index in [1.165, 1.54) is 17.1 Å². The number of aliphatic carboxylic acids is 1. The summed E-state index contributed by atoms with van der Waals surface area (Å²) in [6, 6.07) is 0. The van der Waals surface area contributed by atoms with Crippen LogP contribution in [0.4, 0.5) is 0 Å². The van der Waals surface area contributed by atoms with Gasteiger partial charge >= 0.3 is 5.97 Å². The molecular weight excluding hydrogens is 298 g/mol. The Hall–Kier alpha value is -2.20. The molecule has 0 spiro atoms. The zero-order valence-electron chi connectivity index (χ0n) is 11.3. The van der Waals surface area contributed by atoms with Crippen LogP contribution in [0.3, 0.4) is 0 Å². The third-order valence-corrected chi connectivity index (χ3v) is 4.17. The summed E-state index contributed by atoms with van der Waals surface area (Å²) >= 11 is 0. The molecule has 2 aromatic heterocycles. The summed E-state index contributed by atoms with van der Waals surface area (Å²) in [5.41, 5.74) is 0. The Morgan fingerprint density at radius 1 is 1.48 bits per heavy atom. The molecule has 2 heterocycles. The van der Waals surface area contributed by atoms with Gasteiger partial charge in [0.25, 0.3) is 0 Å². The first-order valence-electron chi connectivity index (χ1n) is 6.08. The Morgan fingerprint density at radius 3 is 2.86 bits per heavy atom. The average molecular weight is 313 g/mol. The van der Waals surface area contributed by atoms with Crippen molar-refractivity contribution in [1.82, 2.24) is 24.1 Å². The number of imidazole rings is 1. The lowest BCUT2D eigenvalue weighted by Crippen LogP contribution is -2.24. The standard InChI is InChI=1S/C11H15N5O4S/c1-15-5-3-12-10(15)7-14-21(19,20)9-6-13-16(8-9)4-2-11(17)18/h3,5-6,8,14H,2,4,7H2,1H3,(H,17,18). The lowest BCUT2D eigenvalue weighted by molar-refractivity contribution is -0.137. The van der Waals surface area contributed by atoms with E-state index in [1.54, 1.807) is 24.0 Å². The number of sulfonamides is 1. The van der Waals surface area contributed by atoms with Crippen molar-refractivity contribution >= 4 is 16.0 Å². The largest absolute Gasteiger partial charge is 0.481 e. The summed E-state index contributed by atoms with van der Waals surface area (Å²) in [4.78, 5) is 14.5. The number of nitrogens with one attached hydrogen (secondary N) is 1. The van der Waals surface area contributed by atoms with Crippen LogP contribution in [0, 0.1) is 0 Å². The lowest BCUT2D eigenvalue weighted by atomic mass is 10.4. The van der Waals surface area contributed by atoms with Crippen LogP contribution in [0.1, 0.15) is 12.2 Å². The fourth-order valence-corrected chi connectivity index (χ4v) is 2.56. The van der Waals surface area contributed by atoms with Gasteiger partial charge in [-0.3, -0.25) is 9.48 Å². The highest BCUT2D eigenvalue weighted by Gasteiger charge is 2.17. The van der Waals surface area contributed by atoms with Gasteiger partial charge in [-0.25, -0.2) is 18.1 Å². The molecule has 2 aromatic rings. The molecule has 0 unspecified atom stereocenters. The summed E-state index contributed by atoms with van der Waals surface area (Å²) < 4.78 is 29.5. The normalized spacial score (nSPS) is 11.7. The Kier molecular flexibility index (Phi) is 4.38. The van der Waals surface area contributed by atoms with Crippen molar-refractivity contribution in [2.24, 2.45) is 7.05 Å². The third-order valence-electron chi connectivity index (χ3n) is 2.82. The quantitative estimate of drug-likeness (QED) is 0.716. The second kappa shape index (κ2) is 6.06. The van der Waals surface area contributed by atoms with Crippen LogP contribution in [0.2, 0.25) is 0 Å². The van der Waals surface area contributed by atoms with Gasteiger partial charge in [0.2, 0.25) is 10.0 Å². The monoisotopic (exact) mass is 313 g/mol. The van der Waals surface area contributed by atoms with Gasteiger partial charge in [-0.15, -0.1) is 0 Å². The molecule has 0 aliphatic heterocycles. The SMILES string of the molecule is Cn1ccnc1CNS(=O)(=O)c1cnn(CCC(=O)O)c1. The van der Waals surface area contributed by atoms with Crippen molar-refractivity contribution < 1.29 is 18.3 Å². The highest BCUT2D eigenvalue weighted by atomic mass is 32.2. The lowest BCUT2D eigenvalue weighted by Gasteiger charge is -2.04. The van der Waals surface area contributed by atoms with E-state index in [4.69, 9.17) is 5.11 Å². The molecule has 0 fully saturated rings. The van der Waals surface area contributed by atoms with Gasteiger partial charge in [-0.05, 0) is 0 Å². The summed E-state index contributed by atoms with van der Waals surface area (Å²) in [5, 5.41) is 12.4. The maximum Gasteiger partial charge on any atom is 0.305 e. The molecule has 0 aromatic carbocycles. The summed E-state index contributed by atoms with van der Waals surface area (Å²) in [6.07, 6.45) is 5.65. The predicted octanol–water partition coefficient (Wildman–Crippen LogP) is -0.430. The Labute approximate surface area is 121 Å². The zero-order chi connectivity index (χ0) is 15.5. The molecular formula is C11H15N5O4S. The van der Waals surface area contributed by atoms with E-state index in [1.807, 2.05) is 0 Å². The van der Waals surface area contributed by atoms with E-state index in [0.29, 0.717) is 5.82 Å². The number of rotatable bonds is 7. The van der Waals surface area contributed by atoms with E-state index in [2.05, 4.69) is 14.8 Å². The average Bonchev–Trinajstić information content (AvgIpc) is 3.03. The topological polar surface area (TPSA) is 119 Å². The molecule has 9 nitrogen and oxygen atoms in total. The van der Waals surface area contributed by atoms with Crippen LogP contribution in [0.25, 0.3) is 0 Å². The molecule has 0 atom stereocenters. The van der Waals surface area contributed by atoms with Crippen molar-refractivity contribution in [3.05, 3.63) is 30.6 Å². The molecule has 0 aliphatic carbocycles. The van der Waals surface area contributed by atoms with Crippen LogP contribution >= 0.6 is 0 Å². The van der Waals surface area contributed by atoms with Gasteiger partial charge in [0.05, 0.1) is 25.7 Å². The number of carboxylic acids is 1. The van der Waals surface area contributed by atoms with E-state index in [9.17, 15) is 13.2 Å². The third kappa shape index (κ3) is 3.89. The highest BCUT2D eigenvalue weighted by molar-refractivity contribution is 7.89. The van der Waals surface area contributed by atoms with Gasteiger partial charge < -0.3 is 9.67 Å². The van der Waals surface area contributed by atoms with Gasteiger partial charge in [-0.2, -0.15) is 5.10 Å². The smallest absolute Gasteiger partial charge is 0.305 e. The van der Waals surface area contributed by atoms with Crippen molar-refractivity contribution in [2.75, 3.05) is 0 Å². The number of nitrogens with zero attached hydrogens (tertiary/aromatic N) is 4. The molecule has 114 valence electrons. The van der Waals surface area contributed by atoms with Crippen LogP contribution in [0.5, 0.6) is 0 Å². The summed E-state index contributed by atoms with van der Waals surface area (Å²) in [7, 11) is -1.94. The number of hydrogen-bond donors (Lipinski definition) is 2. The molecule has 10 heteroatoms. The number of hydrogen-bond acceptors (Lipinski definition) is 5. The molecule has 0 amide bonds. The van der Waals surface area contributed by atoms with E-state index >= 15 is 0 Å². The van der Waals surface area contributed by atoms with Gasteiger partial charge in [0.1, 0.15) is 10.7 Å². The first kappa shape index (κ1) is 15.2. The van der Waals surface area contributed by atoms with Gasteiger partial charge in [0, 0.05) is 25.6 Å². The maximum atomic E-state index is 12.1. The van der Waals surface area contributed by atoms with Crippen molar-refractivity contribution in [3.8, 4) is 0 Å². The Bertz CT molecular complexity index is 733. The van der Waals surface area contributed by atoms with E-state index in [0.717, 1.165) is 0 Å². The molecule has 21 heavy (non-hydrogen) atoms. The molecule has 0 radical (unpaired) electrons. The maximum absolute atomic E-state index is 12.1. The molecule has 2 rings (SSSR count). The fraction of sp³-hybridized carbons (Fsp3) is 0.364. The van der Waals surface area contributed by atoms with Crippen LogP contribution in [-0.2, 0) is 35.0 Å². The van der Waals surface area contributed by atoms with Gasteiger partial charge in [-0.1, -0.05) is 0 Å². The number of aryl methyl sites for hydroxylation is 2. The van der Waals surface area contributed by atoms with E-state index in [-0.39, 0.29) is 24.4 Å². The minimum Gasteiger partial charge on any atom is -0.481 e.